The number of nitrogens with two attached hydrogens (primary N) is 1. The molecule has 0 amide bonds. The molecule has 2 N–H and O–H groups in total. The summed E-state index contributed by atoms with van der Waals surface area (Å²) in [4.78, 5) is 12.0. The fourth-order valence-corrected chi connectivity index (χ4v) is 3.50. The van der Waals surface area contributed by atoms with Crippen LogP contribution in [-0.2, 0) is 42.7 Å². The maximum Gasteiger partial charge on any atom is 0.308 e. The zero-order valence-corrected chi connectivity index (χ0v) is 25.2. The van der Waals surface area contributed by atoms with Crippen LogP contribution in [0.15, 0.2) is 24.3 Å². The van der Waals surface area contributed by atoms with Crippen molar-refractivity contribution in [1.29, 1.82) is 0 Å². The van der Waals surface area contributed by atoms with Gasteiger partial charge in [0.2, 0.25) is 0 Å². The van der Waals surface area contributed by atoms with Crippen molar-refractivity contribution in [1.82, 2.24) is 0 Å². The predicted octanol–water partition coefficient (Wildman–Crippen LogP) is 3.52. The first kappa shape index (κ1) is 37.0. The first-order valence-electron chi connectivity index (χ1n) is 14.9. The number of nitrogen functional groups attached to an aromatic ring is 1. The van der Waals surface area contributed by atoms with E-state index in [2.05, 4.69) is 6.92 Å². The Labute approximate surface area is 246 Å². The monoisotopic (exact) mass is 587 g/mol. The molecule has 0 aliphatic rings. The minimum Gasteiger partial charge on any atom is -0.489 e. The molecule has 0 radical (unpaired) electrons. The Morgan fingerprint density at radius 1 is 0.634 bits per heavy atom. The molecule has 238 valence electrons. The summed E-state index contributed by atoms with van der Waals surface area (Å²) in [6.45, 7) is 11.6. The van der Waals surface area contributed by atoms with Crippen LogP contribution >= 0.6 is 0 Å². The van der Waals surface area contributed by atoms with Crippen LogP contribution in [0.25, 0.3) is 0 Å². The third-order valence-corrected chi connectivity index (χ3v) is 5.84. The quantitative estimate of drug-likeness (QED) is 0.0807. The molecule has 1 aromatic rings. The highest BCUT2D eigenvalue weighted by molar-refractivity contribution is 5.72. The van der Waals surface area contributed by atoms with E-state index in [0.29, 0.717) is 111 Å². The number of hydrogen-bond acceptors (Lipinski definition) is 11. The van der Waals surface area contributed by atoms with E-state index in [0.717, 1.165) is 25.7 Å². The zero-order valence-electron chi connectivity index (χ0n) is 25.2. The van der Waals surface area contributed by atoms with Crippen LogP contribution in [0.1, 0.15) is 39.5 Å². The van der Waals surface area contributed by atoms with E-state index in [4.69, 9.17) is 48.4 Å². The minimum atomic E-state index is -0.119. The van der Waals surface area contributed by atoms with Crippen LogP contribution in [0.5, 0.6) is 5.75 Å². The summed E-state index contributed by atoms with van der Waals surface area (Å²) in [6, 6.07) is 7.37. The lowest BCUT2D eigenvalue weighted by atomic mass is 10.00. The minimum absolute atomic E-state index is 0.00132. The number of hydrogen-bond donors (Lipinski definition) is 1. The van der Waals surface area contributed by atoms with E-state index in [-0.39, 0.29) is 18.5 Å². The average Bonchev–Trinajstić information content (AvgIpc) is 2.98. The molecular formula is C30H53NO10. The van der Waals surface area contributed by atoms with Gasteiger partial charge in [0.25, 0.3) is 0 Å². The first-order chi connectivity index (χ1) is 20.2. The van der Waals surface area contributed by atoms with Crippen LogP contribution in [0.4, 0.5) is 5.69 Å². The van der Waals surface area contributed by atoms with Crippen molar-refractivity contribution in [3.8, 4) is 5.75 Å². The summed E-state index contributed by atoms with van der Waals surface area (Å²) in [6.07, 6.45) is 3.84. The summed E-state index contributed by atoms with van der Waals surface area (Å²) >= 11 is 0. The molecule has 0 bridgehead atoms. The highest BCUT2D eigenvalue weighted by Gasteiger charge is 2.16. The number of rotatable bonds is 30. The van der Waals surface area contributed by atoms with Gasteiger partial charge in [-0.2, -0.15) is 0 Å². The number of unbranched alkanes of at least 4 members (excludes halogenated alkanes) is 1. The van der Waals surface area contributed by atoms with E-state index in [9.17, 15) is 4.79 Å². The molecule has 0 aromatic heterocycles. The van der Waals surface area contributed by atoms with Crippen molar-refractivity contribution in [3.63, 3.8) is 0 Å². The number of ether oxygens (including phenoxy) is 9. The second kappa shape index (κ2) is 28.1. The van der Waals surface area contributed by atoms with Gasteiger partial charge in [0.1, 0.15) is 19.0 Å². The standard InChI is InChI=1S/C30H53NO10/c1-3-5-8-27(4-2)30(32)41-26-24-39-22-20-37-18-16-35-14-12-33-11-13-34-15-17-36-19-21-38-23-25-40-29-10-7-6-9-28(29)31/h6-7,9-10,27H,3-5,8,11-26,31H2,1-2H3. The summed E-state index contributed by atoms with van der Waals surface area (Å²) in [5.41, 5.74) is 6.43. The largest absolute Gasteiger partial charge is 0.489 e. The van der Waals surface area contributed by atoms with Crippen LogP contribution in [0, 0.1) is 5.92 Å². The maximum absolute atomic E-state index is 12.0. The number of esters is 1. The fraction of sp³-hybridized carbons (Fsp3) is 0.767. The first-order valence-corrected chi connectivity index (χ1v) is 14.9. The van der Waals surface area contributed by atoms with Crippen molar-refractivity contribution in [2.24, 2.45) is 5.92 Å². The highest BCUT2D eigenvalue weighted by atomic mass is 16.6. The number of benzene rings is 1. The Morgan fingerprint density at radius 2 is 1.05 bits per heavy atom. The predicted molar refractivity (Wildman–Crippen MR) is 156 cm³/mol. The summed E-state index contributed by atoms with van der Waals surface area (Å²) < 4.78 is 49.1. The van der Waals surface area contributed by atoms with E-state index < -0.39 is 0 Å². The summed E-state index contributed by atoms with van der Waals surface area (Å²) in [5.74, 6) is 0.547. The molecule has 0 fully saturated rings. The van der Waals surface area contributed by atoms with Crippen molar-refractivity contribution in [2.75, 3.05) is 111 Å². The van der Waals surface area contributed by atoms with Gasteiger partial charge >= 0.3 is 5.97 Å². The lowest BCUT2D eigenvalue weighted by Crippen LogP contribution is -2.20. The van der Waals surface area contributed by atoms with Crippen molar-refractivity contribution in [3.05, 3.63) is 24.3 Å². The van der Waals surface area contributed by atoms with Crippen molar-refractivity contribution >= 4 is 11.7 Å². The molecule has 1 unspecified atom stereocenters. The Morgan fingerprint density at radius 3 is 1.46 bits per heavy atom. The second-order valence-electron chi connectivity index (χ2n) is 9.09. The number of carbonyl (C=O) groups excluding carboxylic acids is 1. The van der Waals surface area contributed by atoms with Gasteiger partial charge in [-0.3, -0.25) is 4.79 Å². The molecule has 1 atom stereocenters. The Balaban J connectivity index is 1.71. The smallest absolute Gasteiger partial charge is 0.308 e. The highest BCUT2D eigenvalue weighted by Crippen LogP contribution is 2.19. The molecule has 0 aliphatic carbocycles. The van der Waals surface area contributed by atoms with Crippen molar-refractivity contribution in [2.45, 2.75) is 39.5 Å². The SMILES string of the molecule is CCCCC(CC)C(=O)OCCOCCOCCOCCOCCOCCOCCOCCOc1ccccc1N. The molecule has 1 aromatic carbocycles. The fourth-order valence-electron chi connectivity index (χ4n) is 3.50. The third kappa shape index (κ3) is 22.3. The lowest BCUT2D eigenvalue weighted by Gasteiger charge is -2.13. The van der Waals surface area contributed by atoms with Crippen molar-refractivity contribution < 1.29 is 47.4 Å². The van der Waals surface area contributed by atoms with Gasteiger partial charge in [-0.15, -0.1) is 0 Å². The third-order valence-electron chi connectivity index (χ3n) is 5.84. The van der Waals surface area contributed by atoms with Crippen LogP contribution < -0.4 is 10.5 Å². The molecule has 41 heavy (non-hydrogen) atoms. The molecule has 0 spiro atoms. The van der Waals surface area contributed by atoms with Gasteiger partial charge in [-0.1, -0.05) is 38.8 Å². The second-order valence-corrected chi connectivity index (χ2v) is 9.09. The molecular weight excluding hydrogens is 534 g/mol. The van der Waals surface area contributed by atoms with Crippen LogP contribution in [0.3, 0.4) is 0 Å². The zero-order chi connectivity index (χ0) is 29.6. The molecule has 1 rings (SSSR count). The Hall–Kier alpha value is -1.99. The van der Waals surface area contributed by atoms with Gasteiger partial charge in [0, 0.05) is 0 Å². The molecule has 0 aliphatic heterocycles. The lowest BCUT2D eigenvalue weighted by molar-refractivity contribution is -0.150. The molecule has 11 heteroatoms. The Bertz CT molecular complexity index is 724. The van der Waals surface area contributed by atoms with Crippen LogP contribution in [-0.4, -0.2) is 112 Å². The van der Waals surface area contributed by atoms with Gasteiger partial charge < -0.3 is 48.4 Å². The topological polar surface area (TPSA) is 126 Å². The molecule has 0 saturated carbocycles. The van der Waals surface area contributed by atoms with Gasteiger partial charge in [-0.25, -0.2) is 0 Å². The number of carbonyl (C=O) groups is 1. The van der Waals surface area contributed by atoms with E-state index >= 15 is 0 Å². The average molecular weight is 588 g/mol. The van der Waals surface area contributed by atoms with E-state index in [1.54, 1.807) is 6.07 Å². The Kier molecular flexibility index (Phi) is 25.4. The normalized spacial score (nSPS) is 12.0. The van der Waals surface area contributed by atoms with E-state index in [1.165, 1.54) is 0 Å². The molecule has 0 heterocycles. The van der Waals surface area contributed by atoms with Gasteiger partial charge in [-0.05, 0) is 25.0 Å². The summed E-state index contributed by atoms with van der Waals surface area (Å²) in [5, 5.41) is 0. The van der Waals surface area contributed by atoms with Gasteiger partial charge in [0.15, 0.2) is 0 Å². The van der Waals surface area contributed by atoms with Gasteiger partial charge in [0.05, 0.1) is 104 Å². The van der Waals surface area contributed by atoms with E-state index in [1.807, 2.05) is 25.1 Å². The number of anilines is 1. The molecule has 11 nitrogen and oxygen atoms in total. The maximum atomic E-state index is 12.0. The molecule has 0 saturated heterocycles. The van der Waals surface area contributed by atoms with Crippen LogP contribution in [0.2, 0.25) is 0 Å². The number of para-hydroxylation sites is 2. The summed E-state index contributed by atoms with van der Waals surface area (Å²) in [7, 11) is 0.